The Bertz CT molecular complexity index is 557. The minimum absolute atomic E-state index is 0.0412. The van der Waals surface area contributed by atoms with E-state index >= 15 is 0 Å². The van der Waals surface area contributed by atoms with Gasteiger partial charge in [0, 0.05) is 25.7 Å². The Hall–Kier alpha value is -0.950. The summed E-state index contributed by atoms with van der Waals surface area (Å²) in [5.74, 6) is 0.0463. The summed E-state index contributed by atoms with van der Waals surface area (Å²) in [4.78, 5) is 0. The maximum Gasteiger partial charge on any atom is 0.280 e. The largest absolute Gasteiger partial charge is 0.396 e. The molecule has 1 aromatic rings. The highest BCUT2D eigenvalue weighted by atomic mass is 32.2. The molecular weight excluding hydrogens is 288 g/mol. The maximum absolute atomic E-state index is 12.4. The molecule has 0 spiro atoms. The van der Waals surface area contributed by atoms with Gasteiger partial charge in [0.2, 0.25) is 0 Å². The van der Waals surface area contributed by atoms with Crippen molar-refractivity contribution in [1.29, 1.82) is 0 Å². The van der Waals surface area contributed by atoms with Crippen molar-refractivity contribution in [1.82, 2.24) is 9.03 Å². The molecule has 2 unspecified atom stereocenters. The summed E-state index contributed by atoms with van der Waals surface area (Å²) in [6, 6.07) is 7.56. The van der Waals surface area contributed by atoms with Crippen LogP contribution in [0.15, 0.2) is 24.3 Å². The Kier molecular flexibility index (Phi) is 5.37. The van der Waals surface area contributed by atoms with Crippen molar-refractivity contribution in [3.05, 3.63) is 35.4 Å². The van der Waals surface area contributed by atoms with Gasteiger partial charge in [0.05, 0.1) is 0 Å². The van der Waals surface area contributed by atoms with Crippen molar-refractivity contribution in [2.75, 3.05) is 19.7 Å². The van der Waals surface area contributed by atoms with E-state index in [1.54, 1.807) is 0 Å². The van der Waals surface area contributed by atoms with Gasteiger partial charge in [0.25, 0.3) is 10.2 Å². The maximum atomic E-state index is 12.4. The van der Waals surface area contributed by atoms with E-state index in [1.165, 1.54) is 4.31 Å². The molecule has 1 heterocycles. The number of benzene rings is 1. The van der Waals surface area contributed by atoms with E-state index in [2.05, 4.69) is 4.72 Å². The topological polar surface area (TPSA) is 69.6 Å². The predicted molar refractivity (Wildman–Crippen MR) is 83.0 cm³/mol. The van der Waals surface area contributed by atoms with Crippen LogP contribution in [0.25, 0.3) is 0 Å². The van der Waals surface area contributed by atoms with Gasteiger partial charge in [-0.1, -0.05) is 29.8 Å². The van der Waals surface area contributed by atoms with Gasteiger partial charge >= 0.3 is 0 Å². The number of nitrogens with one attached hydrogen (secondary N) is 1. The Morgan fingerprint density at radius 3 is 2.67 bits per heavy atom. The van der Waals surface area contributed by atoms with Crippen molar-refractivity contribution in [2.45, 2.75) is 32.7 Å². The molecular formula is C15H24N2O3S. The van der Waals surface area contributed by atoms with Gasteiger partial charge in [-0.15, -0.1) is 0 Å². The third-order valence-corrected chi connectivity index (χ3v) is 5.65. The Morgan fingerprint density at radius 2 is 2.05 bits per heavy atom. The van der Waals surface area contributed by atoms with E-state index in [9.17, 15) is 13.5 Å². The number of hydrogen-bond donors (Lipinski definition) is 2. The first kappa shape index (κ1) is 16.4. The monoisotopic (exact) mass is 312 g/mol. The van der Waals surface area contributed by atoms with Crippen molar-refractivity contribution in [3.8, 4) is 0 Å². The van der Waals surface area contributed by atoms with Crippen LogP contribution in [-0.4, -0.2) is 37.5 Å². The van der Waals surface area contributed by atoms with E-state index in [-0.39, 0.29) is 18.6 Å². The van der Waals surface area contributed by atoms with Gasteiger partial charge in [0.1, 0.15) is 0 Å². The van der Waals surface area contributed by atoms with Crippen LogP contribution in [0.1, 0.15) is 36.9 Å². The SMILES string of the molecule is Cc1ccc(C(C)NS(=O)(=O)N2CCCC(CO)C2)cc1. The molecule has 0 aliphatic carbocycles. The highest BCUT2D eigenvalue weighted by molar-refractivity contribution is 7.87. The highest BCUT2D eigenvalue weighted by Crippen LogP contribution is 2.20. The summed E-state index contributed by atoms with van der Waals surface area (Å²) in [7, 11) is -3.51. The van der Waals surface area contributed by atoms with Crippen molar-refractivity contribution < 1.29 is 13.5 Å². The second-order valence-electron chi connectivity index (χ2n) is 5.80. The second kappa shape index (κ2) is 6.87. The lowest BCUT2D eigenvalue weighted by Crippen LogP contribution is -2.47. The van der Waals surface area contributed by atoms with E-state index in [0.717, 1.165) is 24.0 Å². The summed E-state index contributed by atoms with van der Waals surface area (Å²) in [5.41, 5.74) is 2.09. The van der Waals surface area contributed by atoms with Gasteiger partial charge in [-0.25, -0.2) is 0 Å². The number of nitrogens with zero attached hydrogens (tertiary/aromatic N) is 1. The normalized spacial score (nSPS) is 22.1. The molecule has 0 bridgehead atoms. The smallest absolute Gasteiger partial charge is 0.280 e. The quantitative estimate of drug-likeness (QED) is 0.867. The van der Waals surface area contributed by atoms with Crippen LogP contribution in [-0.2, 0) is 10.2 Å². The molecule has 1 saturated heterocycles. The molecule has 21 heavy (non-hydrogen) atoms. The van der Waals surface area contributed by atoms with Crippen LogP contribution in [0.2, 0.25) is 0 Å². The lowest BCUT2D eigenvalue weighted by molar-refractivity contribution is 0.164. The van der Waals surface area contributed by atoms with Crippen LogP contribution in [0, 0.1) is 12.8 Å². The van der Waals surface area contributed by atoms with Gasteiger partial charge in [-0.2, -0.15) is 17.4 Å². The summed E-state index contributed by atoms with van der Waals surface area (Å²) in [6.07, 6.45) is 1.68. The average molecular weight is 312 g/mol. The third-order valence-electron chi connectivity index (χ3n) is 3.98. The number of aliphatic hydroxyl groups excluding tert-OH is 1. The molecule has 2 N–H and O–H groups in total. The summed E-state index contributed by atoms with van der Waals surface area (Å²) in [5, 5.41) is 9.22. The first-order valence-electron chi connectivity index (χ1n) is 7.37. The first-order valence-corrected chi connectivity index (χ1v) is 8.81. The van der Waals surface area contributed by atoms with Gasteiger partial charge in [0.15, 0.2) is 0 Å². The fourth-order valence-electron chi connectivity index (χ4n) is 2.62. The zero-order valence-corrected chi connectivity index (χ0v) is 13.4. The third kappa shape index (κ3) is 4.26. The van der Waals surface area contributed by atoms with Crippen LogP contribution < -0.4 is 4.72 Å². The van der Waals surface area contributed by atoms with E-state index < -0.39 is 10.2 Å². The number of hydrogen-bond acceptors (Lipinski definition) is 3. The predicted octanol–water partition coefficient (Wildman–Crippen LogP) is 1.59. The molecule has 1 fully saturated rings. The lowest BCUT2D eigenvalue weighted by atomic mass is 10.0. The number of aliphatic hydroxyl groups is 1. The first-order chi connectivity index (χ1) is 9.92. The number of piperidine rings is 1. The van der Waals surface area contributed by atoms with Gasteiger partial charge in [-0.3, -0.25) is 0 Å². The molecule has 0 aromatic heterocycles. The lowest BCUT2D eigenvalue weighted by Gasteiger charge is -2.32. The van der Waals surface area contributed by atoms with Crippen LogP contribution in [0.5, 0.6) is 0 Å². The molecule has 0 saturated carbocycles. The molecule has 2 rings (SSSR count). The summed E-state index contributed by atoms with van der Waals surface area (Å²) < 4.78 is 29.0. The van der Waals surface area contributed by atoms with E-state index in [0.29, 0.717) is 13.1 Å². The van der Waals surface area contributed by atoms with Crippen LogP contribution in [0.3, 0.4) is 0 Å². The minimum atomic E-state index is -3.51. The van der Waals surface area contributed by atoms with Crippen molar-refractivity contribution in [2.24, 2.45) is 5.92 Å². The standard InChI is InChI=1S/C15H24N2O3S/c1-12-5-7-15(8-6-12)13(2)16-21(19,20)17-9-3-4-14(10-17)11-18/h5-8,13-14,16,18H,3-4,9-11H2,1-2H3. The number of rotatable bonds is 5. The van der Waals surface area contributed by atoms with Crippen LogP contribution >= 0.6 is 0 Å². The molecule has 0 amide bonds. The Labute approximate surface area is 127 Å². The average Bonchev–Trinajstić information content (AvgIpc) is 2.47. The van der Waals surface area contributed by atoms with E-state index in [4.69, 9.17) is 0 Å². The fourth-order valence-corrected chi connectivity index (χ4v) is 4.12. The molecule has 1 aliphatic heterocycles. The summed E-state index contributed by atoms with van der Waals surface area (Å²) in [6.45, 7) is 4.80. The highest BCUT2D eigenvalue weighted by Gasteiger charge is 2.29. The van der Waals surface area contributed by atoms with Crippen molar-refractivity contribution >= 4 is 10.2 Å². The minimum Gasteiger partial charge on any atom is -0.396 e. The molecule has 5 nitrogen and oxygen atoms in total. The van der Waals surface area contributed by atoms with Gasteiger partial charge < -0.3 is 5.11 Å². The molecule has 2 atom stereocenters. The van der Waals surface area contributed by atoms with Crippen molar-refractivity contribution in [3.63, 3.8) is 0 Å². The molecule has 1 aromatic carbocycles. The zero-order valence-electron chi connectivity index (χ0n) is 12.6. The van der Waals surface area contributed by atoms with E-state index in [1.807, 2.05) is 38.1 Å². The zero-order chi connectivity index (χ0) is 15.5. The molecule has 6 heteroatoms. The molecule has 1 aliphatic rings. The van der Waals surface area contributed by atoms with Crippen LogP contribution in [0.4, 0.5) is 0 Å². The number of aryl methyl sites for hydroxylation is 1. The molecule has 0 radical (unpaired) electrons. The second-order valence-corrected chi connectivity index (χ2v) is 7.51. The summed E-state index contributed by atoms with van der Waals surface area (Å²) >= 11 is 0. The Morgan fingerprint density at radius 1 is 1.38 bits per heavy atom. The molecule has 118 valence electrons. The fraction of sp³-hybridized carbons (Fsp3) is 0.600. The van der Waals surface area contributed by atoms with Gasteiger partial charge in [-0.05, 0) is 38.2 Å². The Balaban J connectivity index is 2.04.